The Morgan fingerprint density at radius 3 is 2.29 bits per heavy atom. The Balaban J connectivity index is 1.13. The SMILES string of the molecule is CCc1ccc([C@@H]2O[C@H](SC)[C@@H](O)[C@H](O)[C@H]2O)cc1Cc1ccc(OC2CCN(C(=O)CC(N)Cc3cc(F)c(F)cc3F)CC2)cc1. The van der Waals surface area contributed by atoms with Crippen molar-refractivity contribution in [2.75, 3.05) is 19.3 Å². The van der Waals surface area contributed by atoms with Gasteiger partial charge in [-0.1, -0.05) is 37.3 Å². The van der Waals surface area contributed by atoms with Crippen LogP contribution in [0, 0.1) is 17.5 Å². The molecule has 2 fully saturated rings. The van der Waals surface area contributed by atoms with Crippen molar-refractivity contribution in [1.29, 1.82) is 0 Å². The lowest BCUT2D eigenvalue weighted by atomic mass is 9.90. The first-order valence-corrected chi connectivity index (χ1v) is 17.5. The molecule has 0 bridgehead atoms. The summed E-state index contributed by atoms with van der Waals surface area (Å²) in [7, 11) is 0. The zero-order valence-corrected chi connectivity index (χ0v) is 27.8. The molecule has 2 saturated heterocycles. The van der Waals surface area contributed by atoms with E-state index in [0.717, 1.165) is 40.5 Å². The molecule has 5 N–H and O–H groups in total. The van der Waals surface area contributed by atoms with E-state index in [-0.39, 0.29) is 30.4 Å². The molecular weight excluding hydrogens is 645 g/mol. The van der Waals surface area contributed by atoms with Gasteiger partial charge in [0.1, 0.15) is 47.5 Å². The third kappa shape index (κ3) is 8.53. The lowest BCUT2D eigenvalue weighted by Gasteiger charge is -2.40. The molecule has 0 radical (unpaired) electrons. The van der Waals surface area contributed by atoms with E-state index in [4.69, 9.17) is 15.2 Å². The number of thioether (sulfide) groups is 1. The minimum atomic E-state index is -1.31. The van der Waals surface area contributed by atoms with E-state index in [2.05, 4.69) is 6.92 Å². The lowest BCUT2D eigenvalue weighted by molar-refractivity contribution is -0.200. The number of likely N-dealkylation sites (tertiary alicyclic amines) is 1. The average molecular weight is 689 g/mol. The Morgan fingerprint density at radius 2 is 1.62 bits per heavy atom. The highest BCUT2D eigenvalue weighted by atomic mass is 32.2. The molecular formula is C36H43F3N2O6S. The minimum Gasteiger partial charge on any atom is -0.490 e. The van der Waals surface area contributed by atoms with Crippen LogP contribution >= 0.6 is 11.8 Å². The molecule has 2 aliphatic rings. The van der Waals surface area contributed by atoms with Crippen LogP contribution in [0.25, 0.3) is 0 Å². The second-order valence-corrected chi connectivity index (χ2v) is 13.5. The van der Waals surface area contributed by atoms with Crippen molar-refractivity contribution in [3.63, 3.8) is 0 Å². The molecule has 48 heavy (non-hydrogen) atoms. The lowest BCUT2D eigenvalue weighted by Crippen LogP contribution is -2.52. The van der Waals surface area contributed by atoms with Gasteiger partial charge in [0.15, 0.2) is 11.6 Å². The number of carbonyl (C=O) groups excluding carboxylic acids is 1. The standard InChI is InChI=1S/C36H43F3N2O6S/c1-3-21-6-7-22(35-33(44)32(43)34(45)36(47-35)48-2)15-23(21)14-20-4-8-26(9-5-20)46-27-10-12-41(13-11-27)31(42)18-25(40)16-24-17-29(38)30(39)19-28(24)37/h4-9,15,17,19,25,27,32-36,43-45H,3,10-14,16,18,40H2,1-2H3/t25?,32-,33-,34+,35+,36-/m1/s1. The van der Waals surface area contributed by atoms with Crippen LogP contribution in [0.3, 0.4) is 0 Å². The molecule has 2 heterocycles. The molecule has 0 aliphatic carbocycles. The van der Waals surface area contributed by atoms with Gasteiger partial charge in [-0.05, 0) is 71.5 Å². The number of hydrogen-bond acceptors (Lipinski definition) is 8. The summed E-state index contributed by atoms with van der Waals surface area (Å²) in [6, 6.07) is 14.3. The molecule has 260 valence electrons. The zero-order chi connectivity index (χ0) is 34.5. The smallest absolute Gasteiger partial charge is 0.224 e. The number of ether oxygens (including phenoxy) is 2. The maximum atomic E-state index is 14.0. The Bertz CT molecular complexity index is 1550. The molecule has 0 spiro atoms. The summed E-state index contributed by atoms with van der Waals surface area (Å²) >= 11 is 1.28. The number of hydrogen-bond donors (Lipinski definition) is 4. The molecule has 3 aromatic rings. The van der Waals surface area contributed by atoms with Gasteiger partial charge in [0, 0.05) is 44.5 Å². The number of amides is 1. The summed E-state index contributed by atoms with van der Waals surface area (Å²) in [6.07, 6.45) is -0.200. The van der Waals surface area contributed by atoms with Gasteiger partial charge < -0.3 is 35.4 Å². The van der Waals surface area contributed by atoms with Crippen molar-refractivity contribution < 1.29 is 42.8 Å². The Kier molecular flexibility index (Phi) is 12.1. The fourth-order valence-corrected chi connectivity index (χ4v) is 7.07. The van der Waals surface area contributed by atoms with E-state index in [1.165, 1.54) is 11.8 Å². The van der Waals surface area contributed by atoms with Gasteiger partial charge in [-0.15, -0.1) is 11.8 Å². The monoisotopic (exact) mass is 688 g/mol. The van der Waals surface area contributed by atoms with Crippen molar-refractivity contribution in [2.24, 2.45) is 5.73 Å². The largest absolute Gasteiger partial charge is 0.490 e. The fraction of sp³-hybridized carbons (Fsp3) is 0.472. The van der Waals surface area contributed by atoms with E-state index < -0.39 is 53.3 Å². The van der Waals surface area contributed by atoms with Gasteiger partial charge in [0.05, 0.1) is 0 Å². The number of nitrogens with two attached hydrogens (primary N) is 1. The number of benzene rings is 3. The quantitative estimate of drug-likeness (QED) is 0.218. The maximum Gasteiger partial charge on any atom is 0.224 e. The number of halogens is 3. The van der Waals surface area contributed by atoms with Crippen molar-refractivity contribution >= 4 is 17.7 Å². The number of piperidine rings is 1. The van der Waals surface area contributed by atoms with Gasteiger partial charge in [-0.2, -0.15) is 0 Å². The summed E-state index contributed by atoms with van der Waals surface area (Å²) in [5.41, 5.74) is 9.38. The Morgan fingerprint density at radius 1 is 0.938 bits per heavy atom. The van der Waals surface area contributed by atoms with Crippen LogP contribution in [0.2, 0.25) is 0 Å². The summed E-state index contributed by atoms with van der Waals surface area (Å²) in [6.45, 7) is 3.05. The summed E-state index contributed by atoms with van der Waals surface area (Å²) in [5, 5.41) is 31.3. The molecule has 3 aromatic carbocycles. The fourth-order valence-electron chi connectivity index (χ4n) is 6.40. The first-order chi connectivity index (χ1) is 23.0. The molecule has 1 amide bonds. The molecule has 2 aliphatic heterocycles. The first-order valence-electron chi connectivity index (χ1n) is 16.2. The first kappa shape index (κ1) is 36.2. The van der Waals surface area contributed by atoms with E-state index in [1.54, 1.807) is 11.2 Å². The van der Waals surface area contributed by atoms with Crippen molar-refractivity contribution in [3.05, 3.63) is 99.9 Å². The van der Waals surface area contributed by atoms with Crippen molar-refractivity contribution in [3.8, 4) is 5.75 Å². The third-order valence-electron chi connectivity index (χ3n) is 9.17. The van der Waals surface area contributed by atoms with Gasteiger partial charge in [0.25, 0.3) is 0 Å². The van der Waals surface area contributed by atoms with E-state index in [9.17, 15) is 33.3 Å². The van der Waals surface area contributed by atoms with Gasteiger partial charge in [0.2, 0.25) is 5.91 Å². The molecule has 1 unspecified atom stereocenters. The number of aliphatic hydroxyl groups excluding tert-OH is 3. The number of aryl methyl sites for hydroxylation is 1. The molecule has 12 heteroatoms. The van der Waals surface area contributed by atoms with Gasteiger partial charge >= 0.3 is 0 Å². The Hall–Kier alpha value is -3.13. The highest BCUT2D eigenvalue weighted by Gasteiger charge is 2.44. The second kappa shape index (κ2) is 16.1. The van der Waals surface area contributed by atoms with Crippen molar-refractivity contribution in [2.45, 2.75) is 87.4 Å². The van der Waals surface area contributed by atoms with Crippen LogP contribution in [0.15, 0.2) is 54.6 Å². The van der Waals surface area contributed by atoms with Crippen molar-refractivity contribution in [1.82, 2.24) is 4.90 Å². The normalized spacial score (nSPS) is 24.0. The highest BCUT2D eigenvalue weighted by Crippen LogP contribution is 2.37. The number of rotatable bonds is 11. The molecule has 5 rings (SSSR count). The third-order valence-corrected chi connectivity index (χ3v) is 10.0. The van der Waals surface area contributed by atoms with Crippen LogP contribution < -0.4 is 10.5 Å². The number of aliphatic hydroxyl groups is 3. The molecule has 8 nitrogen and oxygen atoms in total. The van der Waals surface area contributed by atoms with E-state index in [0.29, 0.717) is 38.4 Å². The van der Waals surface area contributed by atoms with Crippen LogP contribution in [-0.4, -0.2) is 81.4 Å². The summed E-state index contributed by atoms with van der Waals surface area (Å²) in [4.78, 5) is 14.5. The van der Waals surface area contributed by atoms with E-state index in [1.807, 2.05) is 42.5 Å². The van der Waals surface area contributed by atoms with Crippen LogP contribution in [0.1, 0.15) is 60.1 Å². The second-order valence-electron chi connectivity index (χ2n) is 12.6. The predicted octanol–water partition coefficient (Wildman–Crippen LogP) is 4.43. The highest BCUT2D eigenvalue weighted by molar-refractivity contribution is 7.99. The maximum absolute atomic E-state index is 14.0. The molecule has 0 saturated carbocycles. The summed E-state index contributed by atoms with van der Waals surface area (Å²) < 4.78 is 52.9. The number of nitrogens with zero attached hydrogens (tertiary/aromatic N) is 1. The van der Waals surface area contributed by atoms with Gasteiger partial charge in [-0.3, -0.25) is 4.79 Å². The molecule has 6 atom stereocenters. The van der Waals surface area contributed by atoms with E-state index >= 15 is 0 Å². The predicted molar refractivity (Wildman–Crippen MR) is 177 cm³/mol. The zero-order valence-electron chi connectivity index (χ0n) is 27.0. The summed E-state index contributed by atoms with van der Waals surface area (Å²) in [5.74, 6) is -2.76. The molecule has 0 aromatic heterocycles. The number of carbonyl (C=O) groups is 1. The van der Waals surface area contributed by atoms with Crippen LogP contribution in [0.4, 0.5) is 13.2 Å². The van der Waals surface area contributed by atoms with Crippen LogP contribution in [0.5, 0.6) is 5.75 Å². The Labute approximate surface area is 283 Å². The van der Waals surface area contributed by atoms with Gasteiger partial charge in [-0.25, -0.2) is 13.2 Å². The average Bonchev–Trinajstić information content (AvgIpc) is 3.07. The topological polar surface area (TPSA) is 125 Å². The minimum absolute atomic E-state index is 0.0360. The van der Waals surface area contributed by atoms with Crippen LogP contribution in [-0.2, 0) is 28.8 Å².